The number of likely N-dealkylation sites (N-methyl/N-ethyl adjacent to an activating group) is 1. The zero-order valence-electron chi connectivity index (χ0n) is 15.9. The van der Waals surface area contributed by atoms with Crippen LogP contribution in [0.25, 0.3) is 10.9 Å². The number of benzene rings is 1. The monoisotopic (exact) mass is 373 g/mol. The number of morpholine rings is 1. The normalized spacial score (nSPS) is 17.4. The summed E-state index contributed by atoms with van der Waals surface area (Å²) < 4.78 is 11.7. The summed E-state index contributed by atoms with van der Waals surface area (Å²) in [7, 11) is 1.80. The first-order chi connectivity index (χ1) is 13.1. The molecule has 7 nitrogen and oxygen atoms in total. The molecule has 1 aliphatic rings. The number of nitrogens with zero attached hydrogens (tertiary/aromatic N) is 3. The third kappa shape index (κ3) is 4.87. The summed E-state index contributed by atoms with van der Waals surface area (Å²) >= 11 is 0. The van der Waals surface area contributed by atoms with Gasteiger partial charge >= 0.3 is 5.97 Å². The molecule has 2 aromatic rings. The Balaban J connectivity index is 1.79. The molecule has 1 fully saturated rings. The molecule has 1 saturated heterocycles. The number of para-hydroxylation sites is 1. The number of pyridine rings is 1. The highest BCUT2D eigenvalue weighted by Gasteiger charge is 2.24. The van der Waals surface area contributed by atoms with Crippen molar-refractivity contribution >= 4 is 22.6 Å². The van der Waals surface area contributed by atoms with E-state index in [0.717, 1.165) is 35.3 Å². The molecule has 2 heterocycles. The summed E-state index contributed by atoms with van der Waals surface area (Å²) in [5.41, 5.74) is 1.98. The molecule has 7 heteroatoms. The van der Waals surface area contributed by atoms with Gasteiger partial charge < -0.3 is 19.5 Å². The summed E-state index contributed by atoms with van der Waals surface area (Å²) in [4.78, 5) is 19.5. The molecule has 0 aliphatic carbocycles. The number of fused-ring (bicyclic) bond motifs is 1. The second-order valence-electron chi connectivity index (χ2n) is 6.86. The highest BCUT2D eigenvalue weighted by Crippen LogP contribution is 2.32. The number of hydrogen-bond acceptors (Lipinski definition) is 6. The van der Waals surface area contributed by atoms with Gasteiger partial charge in [-0.25, -0.2) is 0 Å². The van der Waals surface area contributed by atoms with E-state index in [1.807, 2.05) is 24.4 Å². The van der Waals surface area contributed by atoms with Crippen LogP contribution in [0.1, 0.15) is 13.3 Å². The van der Waals surface area contributed by atoms with Crippen LogP contribution in [-0.2, 0) is 9.53 Å². The first-order valence-corrected chi connectivity index (χ1v) is 9.36. The molecule has 1 atom stereocenters. The van der Waals surface area contributed by atoms with Crippen LogP contribution in [0, 0.1) is 0 Å². The summed E-state index contributed by atoms with van der Waals surface area (Å²) in [6.07, 6.45) is 2.73. The van der Waals surface area contributed by atoms with E-state index >= 15 is 0 Å². The van der Waals surface area contributed by atoms with Crippen LogP contribution in [0.15, 0.2) is 30.5 Å². The van der Waals surface area contributed by atoms with E-state index in [-0.39, 0.29) is 12.6 Å². The lowest BCUT2D eigenvalue weighted by Crippen LogP contribution is -2.47. The predicted octanol–water partition coefficient (Wildman–Crippen LogP) is 2.25. The van der Waals surface area contributed by atoms with Crippen LogP contribution in [0.3, 0.4) is 0 Å². The lowest BCUT2D eigenvalue weighted by Gasteiger charge is -2.36. The minimum absolute atomic E-state index is 0.0101. The standard InChI is InChI=1S/C20H27N3O4/c1-3-10-27-18-6-4-5-16-17(7-8-21-20(16)18)23-9-11-26-15(13-23)12-22(2)14-19(24)25/h4-8,15H,3,9-14H2,1-2H3,(H,24,25). The van der Waals surface area contributed by atoms with Gasteiger partial charge in [-0.2, -0.15) is 0 Å². The van der Waals surface area contributed by atoms with Crippen LogP contribution in [0.5, 0.6) is 5.75 Å². The summed E-state index contributed by atoms with van der Waals surface area (Å²) in [5.74, 6) is -0.0212. The molecule has 146 valence electrons. The van der Waals surface area contributed by atoms with Crippen molar-refractivity contribution in [1.29, 1.82) is 0 Å². The van der Waals surface area contributed by atoms with Crippen molar-refractivity contribution in [3.8, 4) is 5.75 Å². The van der Waals surface area contributed by atoms with Crippen molar-refractivity contribution in [2.75, 3.05) is 51.3 Å². The van der Waals surface area contributed by atoms with Crippen molar-refractivity contribution in [3.63, 3.8) is 0 Å². The van der Waals surface area contributed by atoms with Gasteiger partial charge in [-0.1, -0.05) is 19.1 Å². The first kappa shape index (κ1) is 19.4. The molecule has 27 heavy (non-hydrogen) atoms. The Bertz CT molecular complexity index is 783. The Hall–Kier alpha value is -2.38. The molecule has 0 radical (unpaired) electrons. The number of hydrogen-bond donors (Lipinski definition) is 1. The van der Waals surface area contributed by atoms with E-state index < -0.39 is 5.97 Å². The van der Waals surface area contributed by atoms with Gasteiger partial charge in [-0.05, 0) is 25.6 Å². The first-order valence-electron chi connectivity index (χ1n) is 9.36. The average molecular weight is 373 g/mol. The summed E-state index contributed by atoms with van der Waals surface area (Å²) in [6, 6.07) is 8.04. The molecule has 1 aromatic carbocycles. The average Bonchev–Trinajstić information content (AvgIpc) is 2.65. The number of anilines is 1. The highest BCUT2D eigenvalue weighted by molar-refractivity contribution is 5.95. The summed E-state index contributed by atoms with van der Waals surface area (Å²) in [6.45, 7) is 5.45. The fourth-order valence-electron chi connectivity index (χ4n) is 3.43. The topological polar surface area (TPSA) is 75.1 Å². The molecule has 3 rings (SSSR count). The number of carboxylic acids is 1. The SMILES string of the molecule is CCCOc1cccc2c(N3CCOC(CN(C)CC(=O)O)C3)ccnc12. The fraction of sp³-hybridized carbons (Fsp3) is 0.500. The van der Waals surface area contributed by atoms with Gasteiger partial charge in [0.05, 0.1) is 25.9 Å². The molecule has 0 bridgehead atoms. The van der Waals surface area contributed by atoms with Crippen LogP contribution >= 0.6 is 0 Å². The van der Waals surface area contributed by atoms with Crippen molar-refractivity contribution in [1.82, 2.24) is 9.88 Å². The maximum Gasteiger partial charge on any atom is 0.317 e. The molecule has 1 aliphatic heterocycles. The second-order valence-corrected chi connectivity index (χ2v) is 6.86. The maximum absolute atomic E-state index is 10.9. The maximum atomic E-state index is 10.9. The minimum atomic E-state index is -0.829. The van der Waals surface area contributed by atoms with E-state index in [1.165, 1.54) is 0 Å². The quantitative estimate of drug-likeness (QED) is 0.760. The van der Waals surface area contributed by atoms with E-state index in [1.54, 1.807) is 11.9 Å². The molecule has 1 unspecified atom stereocenters. The summed E-state index contributed by atoms with van der Waals surface area (Å²) in [5, 5.41) is 10.00. The Labute approximate surface area is 159 Å². The predicted molar refractivity (Wildman–Crippen MR) is 105 cm³/mol. The van der Waals surface area contributed by atoms with Gasteiger partial charge in [0, 0.05) is 36.9 Å². The van der Waals surface area contributed by atoms with Crippen molar-refractivity contribution in [2.45, 2.75) is 19.4 Å². The van der Waals surface area contributed by atoms with Crippen molar-refractivity contribution in [3.05, 3.63) is 30.5 Å². The van der Waals surface area contributed by atoms with Gasteiger partial charge in [0.2, 0.25) is 0 Å². The number of carbonyl (C=O) groups is 1. The Morgan fingerprint density at radius 2 is 2.30 bits per heavy atom. The zero-order chi connectivity index (χ0) is 19.2. The molecular weight excluding hydrogens is 346 g/mol. The smallest absolute Gasteiger partial charge is 0.317 e. The molecule has 1 aromatic heterocycles. The Morgan fingerprint density at radius 1 is 1.44 bits per heavy atom. The van der Waals surface area contributed by atoms with Crippen LogP contribution in [-0.4, -0.2) is 73.5 Å². The lowest BCUT2D eigenvalue weighted by atomic mass is 10.1. The molecule has 0 saturated carbocycles. The van der Waals surface area contributed by atoms with Crippen LogP contribution in [0.2, 0.25) is 0 Å². The number of rotatable bonds is 8. The largest absolute Gasteiger partial charge is 0.491 e. The van der Waals surface area contributed by atoms with Gasteiger partial charge in [0.15, 0.2) is 0 Å². The third-order valence-corrected chi connectivity index (χ3v) is 4.57. The van der Waals surface area contributed by atoms with Gasteiger partial charge in [-0.3, -0.25) is 14.7 Å². The molecule has 1 N–H and O–H groups in total. The van der Waals surface area contributed by atoms with Gasteiger partial charge in [0.25, 0.3) is 0 Å². The van der Waals surface area contributed by atoms with E-state index in [0.29, 0.717) is 26.3 Å². The van der Waals surface area contributed by atoms with Gasteiger partial charge in [0.1, 0.15) is 11.3 Å². The minimum Gasteiger partial charge on any atom is -0.491 e. The number of ether oxygens (including phenoxy) is 2. The van der Waals surface area contributed by atoms with Crippen molar-refractivity contribution < 1.29 is 19.4 Å². The number of aliphatic carboxylic acids is 1. The van der Waals surface area contributed by atoms with Crippen LogP contribution in [0.4, 0.5) is 5.69 Å². The van der Waals surface area contributed by atoms with Crippen LogP contribution < -0.4 is 9.64 Å². The van der Waals surface area contributed by atoms with Gasteiger partial charge in [-0.15, -0.1) is 0 Å². The highest BCUT2D eigenvalue weighted by atomic mass is 16.5. The fourth-order valence-corrected chi connectivity index (χ4v) is 3.43. The molecule has 0 spiro atoms. The number of aromatic nitrogens is 1. The second kappa shape index (κ2) is 9.01. The number of carboxylic acid groups (broad SMARTS) is 1. The van der Waals surface area contributed by atoms with E-state index in [9.17, 15) is 4.79 Å². The lowest BCUT2D eigenvalue weighted by molar-refractivity contribution is -0.138. The van der Waals surface area contributed by atoms with E-state index in [2.05, 4.69) is 22.9 Å². The van der Waals surface area contributed by atoms with Crippen molar-refractivity contribution in [2.24, 2.45) is 0 Å². The third-order valence-electron chi connectivity index (χ3n) is 4.57. The Kier molecular flexibility index (Phi) is 6.47. The van der Waals surface area contributed by atoms with E-state index in [4.69, 9.17) is 14.6 Å². The zero-order valence-corrected chi connectivity index (χ0v) is 15.9. The molecular formula is C20H27N3O4. The Morgan fingerprint density at radius 3 is 3.07 bits per heavy atom. The molecule has 0 amide bonds.